The number of pyridine rings is 1. The van der Waals surface area contributed by atoms with Crippen LogP contribution >= 0.6 is 0 Å². The maximum atomic E-state index is 10.4. The average molecular weight is 282 g/mol. The minimum absolute atomic E-state index is 0.654. The van der Waals surface area contributed by atoms with Gasteiger partial charge in [-0.15, -0.1) is 0 Å². The number of hydrogen-bond acceptors (Lipinski definition) is 4. The van der Waals surface area contributed by atoms with E-state index in [0.717, 1.165) is 23.2 Å². The molecule has 4 nitrogen and oxygen atoms in total. The summed E-state index contributed by atoms with van der Waals surface area (Å²) in [6, 6.07) is 9.68. The Morgan fingerprint density at radius 2 is 1.95 bits per heavy atom. The second-order valence-electron chi connectivity index (χ2n) is 5.42. The summed E-state index contributed by atoms with van der Waals surface area (Å²) in [5.41, 5.74) is 2.88. The molecule has 1 aliphatic heterocycles. The molecule has 0 fully saturated rings. The molecule has 1 aliphatic rings. The molecule has 3 rings (SSSR count). The van der Waals surface area contributed by atoms with Gasteiger partial charge in [0.05, 0.1) is 0 Å². The van der Waals surface area contributed by atoms with E-state index in [4.69, 9.17) is 4.74 Å². The summed E-state index contributed by atoms with van der Waals surface area (Å²) in [5, 5.41) is 10.4. The highest BCUT2D eigenvalue weighted by atomic mass is 16.5. The van der Waals surface area contributed by atoms with Crippen LogP contribution in [0.4, 0.5) is 0 Å². The molecule has 0 radical (unpaired) electrons. The molecule has 0 spiro atoms. The van der Waals surface area contributed by atoms with Crippen molar-refractivity contribution >= 4 is 5.76 Å². The number of aliphatic hydroxyl groups is 1. The number of ether oxygens (including phenoxy) is 1. The van der Waals surface area contributed by atoms with Crippen LogP contribution in [0.3, 0.4) is 0 Å². The van der Waals surface area contributed by atoms with E-state index in [1.54, 1.807) is 18.5 Å². The summed E-state index contributed by atoms with van der Waals surface area (Å²) in [5.74, 6) is 1.37. The number of aromatic nitrogens is 1. The van der Waals surface area contributed by atoms with Crippen molar-refractivity contribution in [3.05, 3.63) is 65.5 Å². The Labute approximate surface area is 124 Å². The lowest BCUT2D eigenvalue weighted by molar-refractivity contribution is 0.216. The van der Waals surface area contributed by atoms with E-state index >= 15 is 0 Å². The minimum Gasteiger partial charge on any atom is -0.457 e. The summed E-state index contributed by atoms with van der Waals surface area (Å²) in [6.07, 6.45) is 4.50. The quantitative estimate of drug-likeness (QED) is 0.940. The van der Waals surface area contributed by atoms with Crippen molar-refractivity contribution in [1.82, 2.24) is 9.88 Å². The van der Waals surface area contributed by atoms with Gasteiger partial charge in [0.1, 0.15) is 17.6 Å². The summed E-state index contributed by atoms with van der Waals surface area (Å²) in [7, 11) is 4.04. The molecule has 4 heteroatoms. The molecule has 1 aromatic carbocycles. The van der Waals surface area contributed by atoms with Gasteiger partial charge >= 0.3 is 0 Å². The number of rotatable bonds is 3. The number of nitrogens with zero attached hydrogens (tertiary/aromatic N) is 2. The highest BCUT2D eigenvalue weighted by Crippen LogP contribution is 2.36. The van der Waals surface area contributed by atoms with Crippen LogP contribution in [-0.2, 0) is 6.54 Å². The van der Waals surface area contributed by atoms with Crippen molar-refractivity contribution < 1.29 is 9.84 Å². The van der Waals surface area contributed by atoms with E-state index in [9.17, 15) is 5.11 Å². The van der Waals surface area contributed by atoms with E-state index in [0.29, 0.717) is 11.5 Å². The molecule has 0 bridgehead atoms. The third-order valence-electron chi connectivity index (χ3n) is 3.39. The van der Waals surface area contributed by atoms with Gasteiger partial charge in [-0.3, -0.25) is 4.98 Å². The summed E-state index contributed by atoms with van der Waals surface area (Å²) in [4.78, 5) is 6.09. The van der Waals surface area contributed by atoms with Crippen molar-refractivity contribution in [1.29, 1.82) is 0 Å². The standard InChI is InChI=1S/C17H18N2O2/c1-19(2)11-12-3-4-16-14(9-12)15(20)10-17(21-16)13-5-7-18-8-6-13/h3-10,15,20H,11H2,1-2H3. The van der Waals surface area contributed by atoms with Crippen LogP contribution in [-0.4, -0.2) is 29.1 Å². The van der Waals surface area contributed by atoms with E-state index in [1.807, 2.05) is 44.4 Å². The molecule has 21 heavy (non-hydrogen) atoms. The van der Waals surface area contributed by atoms with Crippen LogP contribution in [0.1, 0.15) is 22.8 Å². The van der Waals surface area contributed by atoms with Crippen LogP contribution in [0.25, 0.3) is 5.76 Å². The fourth-order valence-electron chi connectivity index (χ4n) is 2.44. The Kier molecular flexibility index (Phi) is 3.73. The van der Waals surface area contributed by atoms with Crippen LogP contribution < -0.4 is 4.74 Å². The van der Waals surface area contributed by atoms with Gasteiger partial charge < -0.3 is 14.7 Å². The van der Waals surface area contributed by atoms with E-state index in [-0.39, 0.29) is 0 Å². The third-order valence-corrected chi connectivity index (χ3v) is 3.39. The Bertz CT molecular complexity index is 666. The summed E-state index contributed by atoms with van der Waals surface area (Å²) < 4.78 is 5.91. The van der Waals surface area contributed by atoms with Gasteiger partial charge in [-0.05, 0) is 50.0 Å². The predicted octanol–water partition coefficient (Wildman–Crippen LogP) is 2.61. The first-order chi connectivity index (χ1) is 10.1. The fraction of sp³-hybridized carbons (Fsp3) is 0.235. The lowest BCUT2D eigenvalue weighted by Crippen LogP contribution is -2.13. The van der Waals surface area contributed by atoms with Crippen LogP contribution in [0.2, 0.25) is 0 Å². The van der Waals surface area contributed by atoms with Gasteiger partial charge in [0.2, 0.25) is 0 Å². The average Bonchev–Trinajstić information content (AvgIpc) is 2.48. The predicted molar refractivity (Wildman–Crippen MR) is 81.6 cm³/mol. The zero-order valence-electron chi connectivity index (χ0n) is 12.2. The second-order valence-corrected chi connectivity index (χ2v) is 5.42. The molecule has 0 saturated heterocycles. The van der Waals surface area contributed by atoms with Crippen molar-refractivity contribution in [2.45, 2.75) is 12.6 Å². The monoisotopic (exact) mass is 282 g/mol. The maximum Gasteiger partial charge on any atom is 0.133 e. The van der Waals surface area contributed by atoms with E-state index in [2.05, 4.69) is 9.88 Å². The van der Waals surface area contributed by atoms with Gasteiger partial charge in [-0.2, -0.15) is 0 Å². The Morgan fingerprint density at radius 3 is 2.67 bits per heavy atom. The Hall–Kier alpha value is -2.17. The van der Waals surface area contributed by atoms with Crippen LogP contribution in [0, 0.1) is 0 Å². The number of aliphatic hydroxyl groups excluding tert-OH is 1. The molecule has 0 aliphatic carbocycles. The molecular formula is C17H18N2O2. The lowest BCUT2D eigenvalue weighted by Gasteiger charge is -2.23. The summed E-state index contributed by atoms with van der Waals surface area (Å²) >= 11 is 0. The normalized spacial score (nSPS) is 17.1. The van der Waals surface area contributed by atoms with E-state index < -0.39 is 6.10 Å². The van der Waals surface area contributed by atoms with Gasteiger partial charge in [0.25, 0.3) is 0 Å². The van der Waals surface area contributed by atoms with E-state index in [1.165, 1.54) is 0 Å². The van der Waals surface area contributed by atoms with Crippen LogP contribution in [0.15, 0.2) is 48.8 Å². The Morgan fingerprint density at radius 1 is 1.19 bits per heavy atom. The van der Waals surface area contributed by atoms with Gasteiger partial charge in [-0.25, -0.2) is 0 Å². The smallest absolute Gasteiger partial charge is 0.133 e. The molecule has 1 N–H and O–H groups in total. The minimum atomic E-state index is -0.654. The van der Waals surface area contributed by atoms with Crippen molar-refractivity contribution in [3.63, 3.8) is 0 Å². The molecule has 1 aromatic heterocycles. The molecule has 2 aromatic rings. The molecule has 0 amide bonds. The number of fused-ring (bicyclic) bond motifs is 1. The van der Waals surface area contributed by atoms with Gasteiger partial charge in [-0.1, -0.05) is 6.07 Å². The SMILES string of the molecule is CN(C)Cc1ccc2c(c1)C(O)C=C(c1ccncc1)O2. The largest absolute Gasteiger partial charge is 0.457 e. The molecule has 108 valence electrons. The fourth-order valence-corrected chi connectivity index (χ4v) is 2.44. The topological polar surface area (TPSA) is 45.6 Å². The maximum absolute atomic E-state index is 10.4. The number of hydrogen-bond donors (Lipinski definition) is 1. The van der Waals surface area contributed by atoms with Gasteiger partial charge in [0, 0.05) is 30.1 Å². The highest BCUT2D eigenvalue weighted by Gasteiger charge is 2.21. The Balaban J connectivity index is 1.91. The zero-order chi connectivity index (χ0) is 14.8. The first-order valence-corrected chi connectivity index (χ1v) is 6.89. The van der Waals surface area contributed by atoms with Gasteiger partial charge in [0.15, 0.2) is 0 Å². The second kappa shape index (κ2) is 5.68. The van der Waals surface area contributed by atoms with Crippen molar-refractivity contribution in [2.75, 3.05) is 14.1 Å². The highest BCUT2D eigenvalue weighted by molar-refractivity contribution is 5.66. The summed E-state index contributed by atoms with van der Waals surface area (Å²) in [6.45, 7) is 0.834. The first kappa shape index (κ1) is 13.8. The zero-order valence-corrected chi connectivity index (χ0v) is 12.2. The first-order valence-electron chi connectivity index (χ1n) is 6.89. The molecule has 1 unspecified atom stereocenters. The lowest BCUT2D eigenvalue weighted by atomic mass is 10.0. The molecular weight excluding hydrogens is 264 g/mol. The van der Waals surface area contributed by atoms with Crippen molar-refractivity contribution in [3.8, 4) is 5.75 Å². The molecule has 0 saturated carbocycles. The molecule has 2 heterocycles. The van der Waals surface area contributed by atoms with Crippen molar-refractivity contribution in [2.24, 2.45) is 0 Å². The third kappa shape index (κ3) is 2.96. The molecule has 1 atom stereocenters. The number of benzene rings is 1. The van der Waals surface area contributed by atoms with Crippen LogP contribution in [0.5, 0.6) is 5.75 Å².